The van der Waals surface area contributed by atoms with Crippen molar-refractivity contribution in [2.75, 3.05) is 20.2 Å². The van der Waals surface area contributed by atoms with Crippen molar-refractivity contribution in [2.24, 2.45) is 5.10 Å². The number of pyridine rings is 1. The van der Waals surface area contributed by atoms with Crippen LogP contribution in [0.1, 0.15) is 40.9 Å². The summed E-state index contributed by atoms with van der Waals surface area (Å²) in [7, 11) is 1.42. The van der Waals surface area contributed by atoms with E-state index in [4.69, 9.17) is 4.74 Å². The number of benzene rings is 1. The van der Waals surface area contributed by atoms with Crippen molar-refractivity contribution < 1.29 is 27.5 Å². The summed E-state index contributed by atoms with van der Waals surface area (Å²) in [6, 6.07) is 6.22. The van der Waals surface area contributed by atoms with Gasteiger partial charge in [-0.1, -0.05) is 0 Å². The number of methoxy groups -OCH3 is 1. The molecule has 31 heavy (non-hydrogen) atoms. The molecule has 3 heterocycles. The first-order valence-electron chi connectivity index (χ1n) is 9.64. The van der Waals surface area contributed by atoms with Crippen molar-refractivity contribution in [2.45, 2.75) is 25.3 Å². The zero-order valence-corrected chi connectivity index (χ0v) is 16.6. The highest BCUT2D eigenvalue weighted by Gasteiger charge is 2.40. The number of carbonyl (C=O) groups excluding carboxylic acids is 2. The van der Waals surface area contributed by atoms with Crippen LogP contribution in [0.25, 0.3) is 0 Å². The zero-order chi connectivity index (χ0) is 22.1. The van der Waals surface area contributed by atoms with E-state index in [1.807, 2.05) is 0 Å². The molecule has 1 aromatic carbocycles. The Bertz CT molecular complexity index is 1050. The Balaban J connectivity index is 1.51. The third kappa shape index (κ3) is 3.97. The molecule has 0 bridgehead atoms. The number of hydrogen-bond donors (Lipinski definition) is 0. The van der Waals surface area contributed by atoms with Gasteiger partial charge in [-0.2, -0.15) is 5.10 Å². The Kier molecular flexibility index (Phi) is 5.62. The van der Waals surface area contributed by atoms with Crippen molar-refractivity contribution >= 4 is 17.5 Å². The van der Waals surface area contributed by atoms with Crippen LogP contribution in [0.4, 0.5) is 13.2 Å². The minimum absolute atomic E-state index is 0.154. The number of carbonyl (C=O) groups is 2. The molecule has 2 amide bonds. The molecule has 2 aliphatic heterocycles. The highest BCUT2D eigenvalue weighted by molar-refractivity contribution is 6.06. The van der Waals surface area contributed by atoms with E-state index in [0.29, 0.717) is 23.4 Å². The summed E-state index contributed by atoms with van der Waals surface area (Å²) in [5.74, 6) is -0.946. The summed E-state index contributed by atoms with van der Waals surface area (Å²) >= 11 is 0. The lowest BCUT2D eigenvalue weighted by Gasteiger charge is -2.44. The molecule has 162 valence electrons. The molecule has 0 saturated carbocycles. The van der Waals surface area contributed by atoms with Crippen LogP contribution in [-0.2, 0) is 4.79 Å². The van der Waals surface area contributed by atoms with Gasteiger partial charge in [-0.05, 0) is 24.3 Å². The van der Waals surface area contributed by atoms with E-state index in [2.05, 4.69) is 10.1 Å². The van der Waals surface area contributed by atoms with Crippen molar-refractivity contribution in [3.8, 4) is 5.75 Å². The van der Waals surface area contributed by atoms with E-state index in [1.54, 1.807) is 6.07 Å². The number of amides is 2. The van der Waals surface area contributed by atoms with E-state index in [1.165, 1.54) is 47.5 Å². The molecule has 0 N–H and O–H groups in total. The van der Waals surface area contributed by atoms with Crippen LogP contribution in [-0.4, -0.2) is 58.7 Å². The SMILES string of the molecule is COc1cc(F)ccc1C1=NN(C2CN(C(=O)c3ncccc3C(F)F)C2)C(=O)CC1. The average molecular weight is 432 g/mol. The lowest BCUT2D eigenvalue weighted by atomic mass is 10.0. The van der Waals surface area contributed by atoms with Gasteiger partial charge in [-0.15, -0.1) is 0 Å². The number of halogens is 3. The maximum atomic E-state index is 13.5. The quantitative estimate of drug-likeness (QED) is 0.728. The molecular weight excluding hydrogens is 413 g/mol. The summed E-state index contributed by atoms with van der Waals surface area (Å²) in [5.41, 5.74) is 0.449. The summed E-state index contributed by atoms with van der Waals surface area (Å²) < 4.78 is 45.1. The topological polar surface area (TPSA) is 75.1 Å². The summed E-state index contributed by atoms with van der Waals surface area (Å²) in [5, 5.41) is 5.75. The van der Waals surface area contributed by atoms with Gasteiger partial charge in [0.25, 0.3) is 12.3 Å². The smallest absolute Gasteiger partial charge is 0.273 e. The first kappa shape index (κ1) is 20.8. The molecule has 7 nitrogen and oxygen atoms in total. The average Bonchev–Trinajstić information content (AvgIpc) is 2.73. The molecule has 2 aromatic rings. The third-order valence-electron chi connectivity index (χ3n) is 5.31. The first-order chi connectivity index (χ1) is 14.9. The number of nitrogens with zero attached hydrogens (tertiary/aromatic N) is 4. The fraction of sp³-hybridized carbons (Fsp3) is 0.333. The summed E-state index contributed by atoms with van der Waals surface area (Å²) in [6.45, 7) is 0.308. The molecule has 0 aliphatic carbocycles. The van der Waals surface area contributed by atoms with Gasteiger partial charge in [0.2, 0.25) is 5.91 Å². The Hall–Kier alpha value is -3.43. The molecule has 10 heteroatoms. The fourth-order valence-electron chi connectivity index (χ4n) is 3.65. The molecule has 1 saturated heterocycles. The highest BCUT2D eigenvalue weighted by atomic mass is 19.3. The number of rotatable bonds is 5. The Morgan fingerprint density at radius 3 is 2.71 bits per heavy atom. The number of alkyl halides is 2. The van der Waals surface area contributed by atoms with E-state index >= 15 is 0 Å². The lowest BCUT2D eigenvalue weighted by Crippen LogP contribution is -2.61. The van der Waals surface area contributed by atoms with Crippen LogP contribution >= 0.6 is 0 Å². The normalized spacial score (nSPS) is 16.9. The molecule has 0 radical (unpaired) electrons. The Morgan fingerprint density at radius 1 is 1.23 bits per heavy atom. The van der Waals surface area contributed by atoms with Crippen molar-refractivity contribution in [3.05, 3.63) is 59.2 Å². The van der Waals surface area contributed by atoms with E-state index < -0.39 is 23.7 Å². The number of ether oxygens (including phenoxy) is 1. The standard InChI is InChI=1S/C21H19F3N4O3/c1-31-17-9-12(22)4-5-14(17)16-6-7-18(29)28(26-16)13-10-27(11-13)21(30)19-15(20(23)24)3-2-8-25-19/h2-5,8-9,13,20H,6-7,10-11H2,1H3. The van der Waals surface area contributed by atoms with Gasteiger partial charge in [0.05, 0.1) is 18.9 Å². The van der Waals surface area contributed by atoms with Crippen molar-refractivity contribution in [1.29, 1.82) is 0 Å². The van der Waals surface area contributed by atoms with Crippen molar-refractivity contribution in [1.82, 2.24) is 14.9 Å². The molecule has 4 rings (SSSR count). The molecule has 1 fully saturated rings. The molecule has 1 aromatic heterocycles. The van der Waals surface area contributed by atoms with Gasteiger partial charge < -0.3 is 9.64 Å². The van der Waals surface area contributed by atoms with Gasteiger partial charge in [0.1, 0.15) is 17.3 Å². The maximum Gasteiger partial charge on any atom is 0.273 e. The number of hydrogen-bond acceptors (Lipinski definition) is 5. The third-order valence-corrected chi connectivity index (χ3v) is 5.31. The molecule has 0 atom stereocenters. The predicted octanol–water partition coefficient (Wildman–Crippen LogP) is 3.02. The Morgan fingerprint density at radius 2 is 2.00 bits per heavy atom. The summed E-state index contributed by atoms with van der Waals surface area (Å²) in [4.78, 5) is 30.2. The lowest BCUT2D eigenvalue weighted by molar-refractivity contribution is -0.137. The maximum absolute atomic E-state index is 13.5. The Labute approximate surface area is 176 Å². The second-order valence-electron chi connectivity index (χ2n) is 7.24. The van der Waals surface area contributed by atoms with E-state index in [0.717, 1.165) is 0 Å². The van der Waals surface area contributed by atoms with Gasteiger partial charge in [-0.25, -0.2) is 18.2 Å². The fourth-order valence-corrected chi connectivity index (χ4v) is 3.65. The van der Waals surface area contributed by atoms with Crippen LogP contribution in [0.3, 0.4) is 0 Å². The second-order valence-corrected chi connectivity index (χ2v) is 7.24. The van der Waals surface area contributed by atoms with E-state index in [9.17, 15) is 22.8 Å². The van der Waals surface area contributed by atoms with Gasteiger partial charge in [-0.3, -0.25) is 14.6 Å². The summed E-state index contributed by atoms with van der Waals surface area (Å²) in [6.07, 6.45) is -0.943. The largest absolute Gasteiger partial charge is 0.496 e. The van der Waals surface area contributed by atoms with Crippen LogP contribution in [0.15, 0.2) is 41.6 Å². The van der Waals surface area contributed by atoms with Gasteiger partial charge in [0.15, 0.2) is 0 Å². The molecule has 0 unspecified atom stereocenters. The monoisotopic (exact) mass is 432 g/mol. The highest BCUT2D eigenvalue weighted by Crippen LogP contribution is 2.29. The molecular formula is C21H19F3N4O3. The van der Waals surface area contributed by atoms with Gasteiger partial charge in [0, 0.05) is 49.3 Å². The van der Waals surface area contributed by atoms with E-state index in [-0.39, 0.29) is 37.2 Å². The second kappa shape index (κ2) is 8.37. The van der Waals surface area contributed by atoms with Crippen LogP contribution < -0.4 is 4.74 Å². The van der Waals surface area contributed by atoms with Gasteiger partial charge >= 0.3 is 0 Å². The minimum atomic E-state index is -2.81. The van der Waals surface area contributed by atoms with Crippen LogP contribution in [0.5, 0.6) is 5.75 Å². The van der Waals surface area contributed by atoms with Crippen LogP contribution in [0.2, 0.25) is 0 Å². The minimum Gasteiger partial charge on any atom is -0.496 e. The van der Waals surface area contributed by atoms with Crippen LogP contribution in [0, 0.1) is 5.82 Å². The molecule has 0 spiro atoms. The first-order valence-corrected chi connectivity index (χ1v) is 9.64. The van der Waals surface area contributed by atoms with Crippen molar-refractivity contribution in [3.63, 3.8) is 0 Å². The molecule has 2 aliphatic rings. The number of likely N-dealkylation sites (tertiary alicyclic amines) is 1. The number of hydrazone groups is 1. The number of aromatic nitrogens is 1. The zero-order valence-electron chi connectivity index (χ0n) is 16.6. The predicted molar refractivity (Wildman–Crippen MR) is 104 cm³/mol.